The molecule has 0 aliphatic carbocycles. The van der Waals surface area contributed by atoms with Gasteiger partial charge in [0.1, 0.15) is 12.3 Å². The van der Waals surface area contributed by atoms with Crippen LogP contribution in [-0.2, 0) is 0 Å². The predicted molar refractivity (Wildman–Crippen MR) is 19.5 cm³/mol. The van der Waals surface area contributed by atoms with Crippen LogP contribution >= 0.6 is 0 Å². The SMILES string of the molecule is [C-]#CC=C=[CH+]. The molecule has 0 radical (unpaired) electrons. The Bertz CT molecular complexity index is 87.1. The van der Waals surface area contributed by atoms with Crippen LogP contribution < -0.4 is 0 Å². The van der Waals surface area contributed by atoms with E-state index in [0.29, 0.717) is 0 Å². The van der Waals surface area contributed by atoms with Gasteiger partial charge in [0.25, 0.3) is 0 Å². The van der Waals surface area contributed by atoms with Crippen molar-refractivity contribution in [2.75, 3.05) is 0 Å². The molecule has 0 heteroatoms. The third-order valence-corrected chi connectivity index (χ3v) is 0.156. The molecule has 0 unspecified atom stereocenters. The van der Waals surface area contributed by atoms with Gasteiger partial charge in [0.15, 0.2) is 6.08 Å². The molecule has 22 valence electrons. The quantitative estimate of drug-likeness (QED) is 0.220. The minimum Gasteiger partial charge on any atom is -0.320 e. The van der Waals surface area contributed by atoms with E-state index in [1.54, 1.807) is 0 Å². The summed E-state index contributed by atoms with van der Waals surface area (Å²) in [5, 5.41) is 0. The van der Waals surface area contributed by atoms with Crippen LogP contribution in [0.3, 0.4) is 0 Å². The molecule has 0 aromatic rings. The Morgan fingerprint density at radius 3 is 2.40 bits per heavy atom. The van der Waals surface area contributed by atoms with Crippen molar-refractivity contribution in [3.05, 3.63) is 24.8 Å². The molecule has 0 aromatic heterocycles. The average molecular weight is 62.1 g/mol. The van der Waals surface area contributed by atoms with Gasteiger partial charge in [0.2, 0.25) is 0 Å². The lowest BCUT2D eigenvalue weighted by atomic mass is 10.6. The first kappa shape index (κ1) is 3.99. The summed E-state index contributed by atoms with van der Waals surface area (Å²) in [4.78, 5) is 0. The van der Waals surface area contributed by atoms with Gasteiger partial charge >= 0.3 is 0 Å². The lowest BCUT2D eigenvalue weighted by molar-refractivity contribution is 2.19. The zero-order valence-corrected chi connectivity index (χ0v) is 2.65. The van der Waals surface area contributed by atoms with Crippen molar-refractivity contribution >= 4 is 0 Å². The first-order chi connectivity index (χ1) is 2.41. The van der Waals surface area contributed by atoms with E-state index in [-0.39, 0.29) is 0 Å². The summed E-state index contributed by atoms with van der Waals surface area (Å²) < 4.78 is 0. The lowest BCUT2D eigenvalue weighted by Gasteiger charge is -1.35. The topological polar surface area (TPSA) is 0 Å². The zero-order valence-electron chi connectivity index (χ0n) is 2.65. The molecule has 0 saturated carbocycles. The van der Waals surface area contributed by atoms with Crippen molar-refractivity contribution in [3.63, 3.8) is 0 Å². The molecular formula is C5H2. The van der Waals surface area contributed by atoms with E-state index in [9.17, 15) is 0 Å². The zero-order chi connectivity index (χ0) is 4.12. The summed E-state index contributed by atoms with van der Waals surface area (Å²) in [5.74, 6) is 1.91. The van der Waals surface area contributed by atoms with Gasteiger partial charge in [-0.2, -0.15) is 0 Å². The minimum atomic E-state index is 1.19. The Hall–Kier alpha value is -1.01. The molecule has 0 nitrogen and oxygen atoms in total. The van der Waals surface area contributed by atoms with Crippen molar-refractivity contribution in [3.8, 4) is 5.92 Å². The summed E-state index contributed by atoms with van der Waals surface area (Å²) in [5.41, 5.74) is 2.09. The van der Waals surface area contributed by atoms with Gasteiger partial charge in [-0.3, -0.25) is 0 Å². The monoisotopic (exact) mass is 62.0 g/mol. The Balaban J connectivity index is 3.46. The second-order valence-electron chi connectivity index (χ2n) is 0.455. The molecule has 5 heavy (non-hydrogen) atoms. The van der Waals surface area contributed by atoms with Crippen LogP contribution in [0.4, 0.5) is 0 Å². The predicted octanol–water partition coefficient (Wildman–Crippen LogP) is 0.720. The molecule has 0 spiro atoms. The Labute approximate surface area is 31.8 Å². The number of hydrogen-bond acceptors (Lipinski definition) is 0. The van der Waals surface area contributed by atoms with Crippen LogP contribution in [0.15, 0.2) is 11.8 Å². The molecule has 0 bridgehead atoms. The maximum atomic E-state index is 6.15. The van der Waals surface area contributed by atoms with Crippen molar-refractivity contribution < 1.29 is 0 Å². The number of rotatable bonds is 0. The molecule has 0 heterocycles. The van der Waals surface area contributed by atoms with E-state index < -0.39 is 0 Å². The van der Waals surface area contributed by atoms with Crippen LogP contribution in [0, 0.1) is 18.9 Å². The number of allylic oxidation sites excluding steroid dienone is 1. The summed E-state index contributed by atoms with van der Waals surface area (Å²) in [6.45, 7) is 4.65. The normalized spacial score (nSPS) is 3.60. The van der Waals surface area contributed by atoms with Gasteiger partial charge < -0.3 is 6.42 Å². The van der Waals surface area contributed by atoms with E-state index in [1.807, 2.05) is 5.92 Å². The Morgan fingerprint density at radius 2 is 2.40 bits per heavy atom. The van der Waals surface area contributed by atoms with E-state index in [4.69, 9.17) is 6.42 Å². The largest absolute Gasteiger partial charge is 0.320 e. The molecule has 0 saturated heterocycles. The molecule has 0 fully saturated rings. The third-order valence-electron chi connectivity index (χ3n) is 0.156. The van der Waals surface area contributed by atoms with Crippen LogP contribution in [-0.4, -0.2) is 0 Å². The fourth-order valence-corrected chi connectivity index (χ4v) is 0.0417. The molecule has 0 aromatic carbocycles. The highest BCUT2D eigenvalue weighted by Gasteiger charge is 1.44. The van der Waals surface area contributed by atoms with Gasteiger partial charge in [0.05, 0.1) is 0 Å². The van der Waals surface area contributed by atoms with Crippen LogP contribution in [0.1, 0.15) is 0 Å². The lowest BCUT2D eigenvalue weighted by Crippen LogP contribution is -1.28. The van der Waals surface area contributed by atoms with E-state index >= 15 is 0 Å². The maximum absolute atomic E-state index is 6.15. The number of hydrogen-bond donors (Lipinski definition) is 0. The smallest absolute Gasteiger partial charge is 0.152 e. The van der Waals surface area contributed by atoms with Crippen molar-refractivity contribution in [2.24, 2.45) is 0 Å². The van der Waals surface area contributed by atoms with Crippen molar-refractivity contribution in [1.82, 2.24) is 0 Å². The summed E-state index contributed by atoms with van der Waals surface area (Å²) in [6.07, 6.45) is 7.35. The third kappa shape index (κ3) is 2.99. The molecular weight excluding hydrogens is 60.1 g/mol. The van der Waals surface area contributed by atoms with Gasteiger partial charge in [0, 0.05) is 0 Å². The highest BCUT2D eigenvalue weighted by Crippen LogP contribution is 1.48. The van der Waals surface area contributed by atoms with Gasteiger partial charge in [-0.25, -0.2) is 0 Å². The Morgan fingerprint density at radius 1 is 1.80 bits per heavy atom. The molecule has 0 aliphatic rings. The molecule has 0 aliphatic heterocycles. The van der Waals surface area contributed by atoms with E-state index in [0.717, 1.165) is 0 Å². The van der Waals surface area contributed by atoms with Gasteiger partial charge in [-0.1, -0.05) is 5.92 Å². The minimum absolute atomic E-state index is 1.19. The van der Waals surface area contributed by atoms with Crippen molar-refractivity contribution in [2.45, 2.75) is 0 Å². The standard InChI is InChI=1S/C5H2/c1-3-5-4-2/h1,5H. The molecule has 0 rings (SSSR count). The van der Waals surface area contributed by atoms with E-state index in [1.165, 1.54) is 6.08 Å². The first-order valence-corrected chi connectivity index (χ1v) is 1.12. The summed E-state index contributed by atoms with van der Waals surface area (Å²) >= 11 is 0. The average Bonchev–Trinajstić information content (AvgIpc) is 1.41. The molecule has 0 amide bonds. The van der Waals surface area contributed by atoms with Crippen LogP contribution in [0.25, 0.3) is 0 Å². The summed E-state index contributed by atoms with van der Waals surface area (Å²) in [6, 6.07) is 0. The van der Waals surface area contributed by atoms with Crippen LogP contribution in [0.2, 0.25) is 0 Å². The Kier molecular flexibility index (Phi) is 2.39. The highest BCUT2D eigenvalue weighted by atomic mass is 13.4. The first-order valence-electron chi connectivity index (χ1n) is 1.12. The van der Waals surface area contributed by atoms with Gasteiger partial charge in [-0.15, -0.1) is 0 Å². The fraction of sp³-hybridized carbons (Fsp3) is 0. The molecule has 0 N–H and O–H groups in total. The second-order valence-corrected chi connectivity index (χ2v) is 0.455. The molecule has 0 atom stereocenters. The highest BCUT2D eigenvalue weighted by molar-refractivity contribution is 5.01. The van der Waals surface area contributed by atoms with Gasteiger partial charge in [-0.05, 0) is 0 Å². The van der Waals surface area contributed by atoms with Crippen molar-refractivity contribution in [1.29, 1.82) is 0 Å². The van der Waals surface area contributed by atoms with E-state index in [2.05, 4.69) is 12.3 Å². The maximum Gasteiger partial charge on any atom is 0.152 e. The second kappa shape index (κ2) is 2.99. The van der Waals surface area contributed by atoms with Crippen LogP contribution in [0.5, 0.6) is 0 Å². The fourth-order valence-electron chi connectivity index (χ4n) is 0.0417. The summed E-state index contributed by atoms with van der Waals surface area (Å²) in [7, 11) is 0.